The molecule has 1 atom stereocenters. The lowest BCUT2D eigenvalue weighted by molar-refractivity contribution is -0.123. The van der Waals surface area contributed by atoms with E-state index in [1.165, 1.54) is 0 Å². The third kappa shape index (κ3) is 5.23. The number of nitrogens with zero attached hydrogens (tertiary/aromatic N) is 2. The Balaban J connectivity index is 1.49. The predicted molar refractivity (Wildman–Crippen MR) is 109 cm³/mol. The molecule has 1 aliphatic rings. The van der Waals surface area contributed by atoms with Crippen molar-refractivity contribution in [2.24, 2.45) is 0 Å². The summed E-state index contributed by atoms with van der Waals surface area (Å²) in [6.45, 7) is 8.66. The highest BCUT2D eigenvalue weighted by Gasteiger charge is 2.21. The number of hydrogen-bond acceptors (Lipinski definition) is 4. The van der Waals surface area contributed by atoms with Gasteiger partial charge in [0.2, 0.25) is 5.91 Å². The zero-order chi connectivity index (χ0) is 19.1. The van der Waals surface area contributed by atoms with E-state index in [9.17, 15) is 4.79 Å². The Labute approximate surface area is 161 Å². The summed E-state index contributed by atoms with van der Waals surface area (Å²) < 4.78 is 5.75. The van der Waals surface area contributed by atoms with E-state index in [1.54, 1.807) is 0 Å². The third-order valence-electron chi connectivity index (χ3n) is 4.92. The maximum Gasteiger partial charge on any atom is 0.234 e. The average molecular weight is 367 g/mol. The standard InChI is InChI=1S/C22H29N3O2/c1-3-27-21-12-8-7-11-20(21)25-15-13-24(14-16-25)17-22(26)23-18(2)19-9-5-4-6-10-19/h4-12,18H,3,13-17H2,1-2H3,(H,23,26)/t18-/m0/s1. The molecule has 0 spiro atoms. The number of carbonyl (C=O) groups is 1. The summed E-state index contributed by atoms with van der Waals surface area (Å²) in [7, 11) is 0. The quantitative estimate of drug-likeness (QED) is 0.817. The largest absolute Gasteiger partial charge is 0.492 e. The van der Waals surface area contributed by atoms with Crippen molar-refractivity contribution in [2.75, 3.05) is 44.2 Å². The Morgan fingerprint density at radius 3 is 2.41 bits per heavy atom. The van der Waals surface area contributed by atoms with Crippen molar-refractivity contribution >= 4 is 11.6 Å². The monoisotopic (exact) mass is 367 g/mol. The number of ether oxygens (including phenoxy) is 1. The molecule has 0 radical (unpaired) electrons. The van der Waals surface area contributed by atoms with Crippen LogP contribution in [0.4, 0.5) is 5.69 Å². The molecular formula is C22H29N3O2. The molecule has 2 aromatic rings. The zero-order valence-electron chi connectivity index (χ0n) is 16.2. The first-order valence-electron chi connectivity index (χ1n) is 9.71. The average Bonchev–Trinajstić information content (AvgIpc) is 2.70. The molecule has 1 heterocycles. The van der Waals surface area contributed by atoms with Gasteiger partial charge in [-0.05, 0) is 31.5 Å². The van der Waals surface area contributed by atoms with E-state index in [4.69, 9.17) is 4.74 Å². The van der Waals surface area contributed by atoms with E-state index >= 15 is 0 Å². The van der Waals surface area contributed by atoms with E-state index in [-0.39, 0.29) is 11.9 Å². The van der Waals surface area contributed by atoms with Crippen molar-refractivity contribution in [1.82, 2.24) is 10.2 Å². The molecule has 0 bridgehead atoms. The van der Waals surface area contributed by atoms with Crippen LogP contribution in [0.25, 0.3) is 0 Å². The van der Waals surface area contributed by atoms with Crippen molar-refractivity contribution in [3.8, 4) is 5.75 Å². The van der Waals surface area contributed by atoms with Crippen molar-refractivity contribution in [3.05, 3.63) is 60.2 Å². The van der Waals surface area contributed by atoms with Gasteiger partial charge in [-0.3, -0.25) is 9.69 Å². The zero-order valence-corrected chi connectivity index (χ0v) is 16.2. The number of para-hydroxylation sites is 2. The predicted octanol–water partition coefficient (Wildman–Crippen LogP) is 3.08. The summed E-state index contributed by atoms with van der Waals surface area (Å²) >= 11 is 0. The molecule has 3 rings (SSSR count). The molecule has 5 heteroatoms. The minimum absolute atomic E-state index is 0.0260. The van der Waals surface area contributed by atoms with Crippen molar-refractivity contribution in [3.63, 3.8) is 0 Å². The number of rotatable bonds is 7. The highest BCUT2D eigenvalue weighted by atomic mass is 16.5. The van der Waals surface area contributed by atoms with Crippen LogP contribution in [0.3, 0.4) is 0 Å². The number of carbonyl (C=O) groups excluding carboxylic acids is 1. The van der Waals surface area contributed by atoms with Gasteiger partial charge < -0.3 is 15.0 Å². The van der Waals surface area contributed by atoms with Crippen LogP contribution in [0.1, 0.15) is 25.5 Å². The fourth-order valence-electron chi connectivity index (χ4n) is 3.46. The summed E-state index contributed by atoms with van der Waals surface area (Å²) in [6, 6.07) is 18.3. The lowest BCUT2D eigenvalue weighted by Crippen LogP contribution is -2.49. The molecule has 27 heavy (non-hydrogen) atoms. The van der Waals surface area contributed by atoms with Gasteiger partial charge in [-0.2, -0.15) is 0 Å². The first-order valence-corrected chi connectivity index (χ1v) is 9.71. The summed E-state index contributed by atoms with van der Waals surface area (Å²) in [5, 5.41) is 3.10. The lowest BCUT2D eigenvalue weighted by atomic mass is 10.1. The summed E-state index contributed by atoms with van der Waals surface area (Å²) in [4.78, 5) is 17.0. The Hall–Kier alpha value is -2.53. The van der Waals surface area contributed by atoms with Gasteiger partial charge in [0, 0.05) is 26.2 Å². The van der Waals surface area contributed by atoms with Gasteiger partial charge in [0.15, 0.2) is 0 Å². The van der Waals surface area contributed by atoms with E-state index in [1.807, 2.05) is 62.4 Å². The van der Waals surface area contributed by atoms with Gasteiger partial charge in [0.25, 0.3) is 0 Å². The number of amides is 1. The van der Waals surface area contributed by atoms with Gasteiger partial charge in [-0.25, -0.2) is 0 Å². The van der Waals surface area contributed by atoms with Gasteiger partial charge in [0.1, 0.15) is 5.75 Å². The van der Waals surface area contributed by atoms with Gasteiger partial charge in [-0.15, -0.1) is 0 Å². The van der Waals surface area contributed by atoms with E-state index in [2.05, 4.69) is 21.2 Å². The van der Waals surface area contributed by atoms with Gasteiger partial charge in [-0.1, -0.05) is 42.5 Å². The van der Waals surface area contributed by atoms with E-state index in [0.29, 0.717) is 13.2 Å². The Morgan fingerprint density at radius 2 is 1.70 bits per heavy atom. The maximum atomic E-state index is 12.4. The molecule has 1 fully saturated rings. The molecule has 1 amide bonds. The number of piperazine rings is 1. The number of hydrogen-bond donors (Lipinski definition) is 1. The number of anilines is 1. The normalized spacial score (nSPS) is 16.0. The second-order valence-electron chi connectivity index (χ2n) is 6.86. The number of benzene rings is 2. The minimum atomic E-state index is 0.0260. The van der Waals surface area contributed by atoms with Crippen LogP contribution in [0.2, 0.25) is 0 Å². The second kappa shape index (κ2) is 9.42. The van der Waals surface area contributed by atoms with E-state index in [0.717, 1.165) is 43.2 Å². The molecule has 0 saturated carbocycles. The maximum absolute atomic E-state index is 12.4. The Bertz CT molecular complexity index is 727. The summed E-state index contributed by atoms with van der Waals surface area (Å²) in [6.07, 6.45) is 0. The smallest absolute Gasteiger partial charge is 0.234 e. The van der Waals surface area contributed by atoms with Gasteiger partial charge >= 0.3 is 0 Å². The van der Waals surface area contributed by atoms with Crippen LogP contribution < -0.4 is 15.0 Å². The van der Waals surface area contributed by atoms with Gasteiger partial charge in [0.05, 0.1) is 24.9 Å². The highest BCUT2D eigenvalue weighted by molar-refractivity contribution is 5.78. The molecular weight excluding hydrogens is 338 g/mol. The molecule has 144 valence electrons. The van der Waals surface area contributed by atoms with Crippen LogP contribution in [-0.2, 0) is 4.79 Å². The SMILES string of the molecule is CCOc1ccccc1N1CCN(CC(=O)N[C@@H](C)c2ccccc2)CC1. The van der Waals surface area contributed by atoms with Crippen molar-refractivity contribution in [2.45, 2.75) is 19.9 Å². The van der Waals surface area contributed by atoms with Crippen LogP contribution in [0.5, 0.6) is 5.75 Å². The molecule has 1 aliphatic heterocycles. The molecule has 1 N–H and O–H groups in total. The Kier molecular flexibility index (Phi) is 6.71. The van der Waals surface area contributed by atoms with Crippen LogP contribution in [0, 0.1) is 0 Å². The van der Waals surface area contributed by atoms with Crippen molar-refractivity contribution in [1.29, 1.82) is 0 Å². The molecule has 0 aromatic heterocycles. The number of nitrogens with one attached hydrogen (secondary N) is 1. The fourth-order valence-corrected chi connectivity index (χ4v) is 3.46. The molecule has 1 saturated heterocycles. The topological polar surface area (TPSA) is 44.8 Å². The lowest BCUT2D eigenvalue weighted by Gasteiger charge is -2.36. The van der Waals surface area contributed by atoms with E-state index < -0.39 is 0 Å². The molecule has 0 unspecified atom stereocenters. The third-order valence-corrected chi connectivity index (χ3v) is 4.92. The second-order valence-corrected chi connectivity index (χ2v) is 6.86. The van der Waals surface area contributed by atoms with Crippen LogP contribution in [0.15, 0.2) is 54.6 Å². The molecule has 2 aromatic carbocycles. The Morgan fingerprint density at radius 1 is 1.04 bits per heavy atom. The molecule has 5 nitrogen and oxygen atoms in total. The minimum Gasteiger partial charge on any atom is -0.492 e. The van der Waals surface area contributed by atoms with Crippen molar-refractivity contribution < 1.29 is 9.53 Å². The summed E-state index contributed by atoms with van der Waals surface area (Å²) in [5.74, 6) is 1.01. The first-order chi connectivity index (χ1) is 13.2. The highest BCUT2D eigenvalue weighted by Crippen LogP contribution is 2.28. The summed E-state index contributed by atoms with van der Waals surface area (Å²) in [5.41, 5.74) is 2.27. The first kappa shape index (κ1) is 19.2. The molecule has 0 aliphatic carbocycles. The van der Waals surface area contributed by atoms with Crippen LogP contribution >= 0.6 is 0 Å². The van der Waals surface area contributed by atoms with Crippen LogP contribution in [-0.4, -0.2) is 50.1 Å². The fraction of sp³-hybridized carbons (Fsp3) is 0.409.